The number of carbonyl (C=O) groups excluding carboxylic acids is 1. The Morgan fingerprint density at radius 3 is 2.31 bits per heavy atom. The summed E-state index contributed by atoms with van der Waals surface area (Å²) in [7, 11) is 1.74. The van der Waals surface area contributed by atoms with Crippen LogP contribution in [0.5, 0.6) is 5.75 Å². The molecule has 0 aliphatic heterocycles. The molecule has 3 N–H and O–H groups in total. The number of fused-ring (bicyclic) bond motifs is 2. The highest BCUT2D eigenvalue weighted by atomic mass is 16.3. The summed E-state index contributed by atoms with van der Waals surface area (Å²) in [5.74, 6) is -0.616. The predicted octanol–water partition coefficient (Wildman–Crippen LogP) is 6.12. The minimum Gasteiger partial charge on any atom is -0.507 e. The molecule has 42 heavy (non-hydrogen) atoms. The molecule has 0 aliphatic rings. The topological polar surface area (TPSA) is 87.1 Å². The Kier molecular flexibility index (Phi) is 7.36. The van der Waals surface area contributed by atoms with Gasteiger partial charge in [-0.2, -0.15) is 0 Å². The van der Waals surface area contributed by atoms with Gasteiger partial charge < -0.3 is 20.0 Å². The number of aromatic nitrogens is 2. The van der Waals surface area contributed by atoms with E-state index in [0.717, 1.165) is 38.9 Å². The number of nitrogens with zero attached hydrogens (tertiary/aromatic N) is 1. The van der Waals surface area contributed by atoms with Gasteiger partial charge >= 0.3 is 0 Å². The van der Waals surface area contributed by atoms with Crippen molar-refractivity contribution in [1.29, 1.82) is 0 Å². The van der Waals surface area contributed by atoms with Crippen LogP contribution in [-0.4, -0.2) is 27.1 Å². The molecule has 1 unspecified atom stereocenters. The van der Waals surface area contributed by atoms with Crippen molar-refractivity contribution in [3.05, 3.63) is 147 Å². The molecule has 0 fully saturated rings. The average molecular weight is 556 g/mol. The number of rotatable bonds is 8. The first kappa shape index (κ1) is 27.1. The summed E-state index contributed by atoms with van der Waals surface area (Å²) in [5, 5.41) is 16.4. The zero-order valence-corrected chi connectivity index (χ0v) is 23.7. The van der Waals surface area contributed by atoms with E-state index in [-0.39, 0.29) is 17.2 Å². The molecule has 1 atom stereocenters. The van der Waals surface area contributed by atoms with Gasteiger partial charge in [0, 0.05) is 35.6 Å². The Labute approximate surface area is 244 Å². The van der Waals surface area contributed by atoms with Crippen LogP contribution in [0.1, 0.15) is 39.4 Å². The van der Waals surface area contributed by atoms with E-state index in [2.05, 4.69) is 16.4 Å². The normalized spacial score (nSPS) is 12.0. The maximum absolute atomic E-state index is 14.0. The molecule has 0 saturated carbocycles. The lowest BCUT2D eigenvalue weighted by atomic mass is 9.85. The van der Waals surface area contributed by atoms with Gasteiger partial charge in [-0.1, -0.05) is 90.5 Å². The summed E-state index contributed by atoms with van der Waals surface area (Å²) in [6.07, 6.45) is 0.867. The second kappa shape index (κ2) is 11.4. The predicted molar refractivity (Wildman–Crippen MR) is 168 cm³/mol. The number of benzene rings is 4. The molecule has 6 heteroatoms. The van der Waals surface area contributed by atoms with Crippen LogP contribution in [0.2, 0.25) is 0 Å². The van der Waals surface area contributed by atoms with Crippen molar-refractivity contribution in [3.8, 4) is 5.75 Å². The van der Waals surface area contributed by atoms with E-state index in [0.29, 0.717) is 35.9 Å². The van der Waals surface area contributed by atoms with Crippen LogP contribution in [-0.2, 0) is 24.7 Å². The number of nitrogens with one attached hydrogen (secondary N) is 2. The van der Waals surface area contributed by atoms with Gasteiger partial charge in [-0.05, 0) is 48.2 Å². The average Bonchev–Trinajstić information content (AvgIpc) is 3.37. The first-order chi connectivity index (χ1) is 20.4. The van der Waals surface area contributed by atoms with Gasteiger partial charge in [0.1, 0.15) is 5.75 Å². The number of aryl methyl sites for hydroxylation is 2. The van der Waals surface area contributed by atoms with Crippen LogP contribution >= 0.6 is 0 Å². The van der Waals surface area contributed by atoms with Crippen LogP contribution in [0, 0.1) is 6.92 Å². The molecule has 6 rings (SSSR count). The molecular formula is C36H33N3O3. The third kappa shape index (κ3) is 5.07. The van der Waals surface area contributed by atoms with Gasteiger partial charge in [0.25, 0.3) is 5.56 Å². The van der Waals surface area contributed by atoms with Crippen molar-refractivity contribution in [2.24, 2.45) is 7.05 Å². The minimum absolute atomic E-state index is 0.0138. The first-order valence-electron chi connectivity index (χ1n) is 14.2. The molecule has 0 saturated heterocycles. The smallest absolute Gasteiger partial charge is 0.258 e. The maximum Gasteiger partial charge on any atom is 0.258 e. The Morgan fingerprint density at radius 1 is 0.881 bits per heavy atom. The molecule has 4 aromatic carbocycles. The monoisotopic (exact) mass is 555 g/mol. The fourth-order valence-corrected chi connectivity index (χ4v) is 5.91. The summed E-state index contributed by atoms with van der Waals surface area (Å²) >= 11 is 0. The van der Waals surface area contributed by atoms with Crippen LogP contribution < -0.4 is 10.9 Å². The van der Waals surface area contributed by atoms with Crippen molar-refractivity contribution in [1.82, 2.24) is 14.9 Å². The molecular weight excluding hydrogens is 522 g/mol. The number of aromatic hydroxyl groups is 1. The number of carbonyl (C=O) groups is 1. The van der Waals surface area contributed by atoms with Gasteiger partial charge in [-0.3, -0.25) is 9.59 Å². The van der Waals surface area contributed by atoms with E-state index < -0.39 is 5.92 Å². The third-order valence-electron chi connectivity index (χ3n) is 8.05. The van der Waals surface area contributed by atoms with Crippen molar-refractivity contribution in [2.45, 2.75) is 25.7 Å². The van der Waals surface area contributed by atoms with Gasteiger partial charge in [-0.15, -0.1) is 0 Å². The van der Waals surface area contributed by atoms with Crippen molar-refractivity contribution < 1.29 is 9.90 Å². The SMILES string of the molecule is Cc1ccc(C(c2[nH]c3ccccc3c2CCNC(=O)Cc2ccccc2)c2c(O)c3ccccc3n(C)c2=O)cc1. The Balaban J connectivity index is 1.47. The molecule has 210 valence electrons. The lowest BCUT2D eigenvalue weighted by Crippen LogP contribution is -2.28. The zero-order chi connectivity index (χ0) is 29.2. The highest BCUT2D eigenvalue weighted by molar-refractivity contribution is 5.88. The zero-order valence-electron chi connectivity index (χ0n) is 23.7. The summed E-state index contributed by atoms with van der Waals surface area (Å²) < 4.78 is 1.61. The van der Waals surface area contributed by atoms with E-state index in [1.54, 1.807) is 11.6 Å². The molecule has 0 bridgehead atoms. The lowest BCUT2D eigenvalue weighted by Gasteiger charge is -2.22. The van der Waals surface area contributed by atoms with Crippen molar-refractivity contribution in [3.63, 3.8) is 0 Å². The van der Waals surface area contributed by atoms with Crippen molar-refractivity contribution in [2.75, 3.05) is 6.54 Å². The maximum atomic E-state index is 14.0. The van der Waals surface area contributed by atoms with E-state index in [1.165, 1.54) is 0 Å². The van der Waals surface area contributed by atoms with Crippen LogP contribution in [0.25, 0.3) is 21.8 Å². The molecule has 0 aliphatic carbocycles. The van der Waals surface area contributed by atoms with Crippen LogP contribution in [0.4, 0.5) is 0 Å². The standard InChI is InChI=1S/C36H33N3O3/c1-23-16-18-25(19-17-23)32(33-35(41)28-13-7-9-15-30(28)39(2)36(33)42)34-27(26-12-6-8-14-29(26)38-34)20-21-37-31(40)22-24-10-4-3-5-11-24/h3-19,32,38,41H,20-22H2,1-2H3,(H,37,40). The summed E-state index contributed by atoms with van der Waals surface area (Å²) in [6, 6.07) is 33.2. The number of hydrogen-bond acceptors (Lipinski definition) is 3. The van der Waals surface area contributed by atoms with Crippen LogP contribution in [0.3, 0.4) is 0 Å². The first-order valence-corrected chi connectivity index (χ1v) is 14.2. The number of amides is 1. The highest BCUT2D eigenvalue weighted by Crippen LogP contribution is 2.41. The molecule has 6 aromatic rings. The fourth-order valence-electron chi connectivity index (χ4n) is 5.91. The molecule has 2 aromatic heterocycles. The van der Waals surface area contributed by atoms with Crippen molar-refractivity contribution >= 4 is 27.7 Å². The lowest BCUT2D eigenvalue weighted by molar-refractivity contribution is -0.120. The molecule has 6 nitrogen and oxygen atoms in total. The van der Waals surface area contributed by atoms with E-state index >= 15 is 0 Å². The molecule has 0 radical (unpaired) electrons. The highest BCUT2D eigenvalue weighted by Gasteiger charge is 2.30. The third-order valence-corrected chi connectivity index (χ3v) is 8.05. The number of pyridine rings is 1. The Morgan fingerprint density at radius 2 is 1.55 bits per heavy atom. The van der Waals surface area contributed by atoms with E-state index in [9.17, 15) is 14.7 Å². The Bertz CT molecular complexity index is 1950. The van der Waals surface area contributed by atoms with Crippen LogP contribution in [0.15, 0.2) is 108 Å². The molecule has 1 amide bonds. The number of hydrogen-bond donors (Lipinski definition) is 3. The van der Waals surface area contributed by atoms with E-state index in [4.69, 9.17) is 0 Å². The summed E-state index contributed by atoms with van der Waals surface area (Å²) in [4.78, 5) is 30.4. The fraction of sp³-hybridized carbons (Fsp3) is 0.167. The summed E-state index contributed by atoms with van der Waals surface area (Å²) in [6.45, 7) is 2.46. The molecule has 2 heterocycles. The van der Waals surface area contributed by atoms with Gasteiger partial charge in [0.15, 0.2) is 0 Å². The minimum atomic E-state index is -0.559. The quantitative estimate of drug-likeness (QED) is 0.212. The number of aromatic amines is 1. The van der Waals surface area contributed by atoms with E-state index in [1.807, 2.05) is 104 Å². The second-order valence-electron chi connectivity index (χ2n) is 10.8. The Hall–Kier alpha value is -5.10. The molecule has 0 spiro atoms. The van der Waals surface area contributed by atoms with Gasteiger partial charge in [-0.25, -0.2) is 0 Å². The van der Waals surface area contributed by atoms with Gasteiger partial charge in [0.05, 0.1) is 23.4 Å². The number of H-pyrrole nitrogens is 1. The number of para-hydroxylation sites is 2. The second-order valence-corrected chi connectivity index (χ2v) is 10.8. The largest absolute Gasteiger partial charge is 0.507 e. The van der Waals surface area contributed by atoms with Gasteiger partial charge in [0.2, 0.25) is 5.91 Å². The summed E-state index contributed by atoms with van der Waals surface area (Å²) in [5.41, 5.74) is 6.47.